The van der Waals surface area contributed by atoms with Crippen LogP contribution < -0.4 is 10.1 Å². The molecule has 11 heteroatoms. The molecule has 1 N–H and O–H groups in total. The molecule has 1 heterocycles. The van der Waals surface area contributed by atoms with E-state index in [1.807, 2.05) is 0 Å². The van der Waals surface area contributed by atoms with Gasteiger partial charge in [0.05, 0.1) is 11.0 Å². The number of anilines is 1. The number of amides is 1. The molecule has 0 radical (unpaired) electrons. The zero-order valence-electron chi connectivity index (χ0n) is 15.0. The largest absolute Gasteiger partial charge is 0.484 e. The zero-order chi connectivity index (χ0) is 21.9. The Hall–Kier alpha value is -2.59. The van der Waals surface area contributed by atoms with Crippen molar-refractivity contribution in [1.29, 1.82) is 0 Å². The van der Waals surface area contributed by atoms with Crippen LogP contribution in [0.4, 0.5) is 23.4 Å². The first kappa shape index (κ1) is 22.1. The monoisotopic (exact) mass is 505 g/mol. The van der Waals surface area contributed by atoms with Gasteiger partial charge < -0.3 is 10.1 Å². The average molecular weight is 507 g/mol. The maximum absolute atomic E-state index is 14.0. The summed E-state index contributed by atoms with van der Waals surface area (Å²) in [5.74, 6) is -1.05. The second kappa shape index (κ2) is 9.05. The molecule has 0 aliphatic carbocycles. The van der Waals surface area contributed by atoms with Gasteiger partial charge in [-0.1, -0.05) is 23.7 Å². The zero-order valence-corrected chi connectivity index (χ0v) is 17.4. The van der Waals surface area contributed by atoms with Crippen molar-refractivity contribution in [3.8, 4) is 5.75 Å². The van der Waals surface area contributed by atoms with Crippen molar-refractivity contribution < 1.29 is 27.1 Å². The molecule has 0 saturated carbocycles. The van der Waals surface area contributed by atoms with Gasteiger partial charge in [0.25, 0.3) is 5.91 Å². The first-order valence-corrected chi connectivity index (χ1v) is 9.56. The van der Waals surface area contributed by atoms with E-state index < -0.39 is 24.5 Å². The lowest BCUT2D eigenvalue weighted by molar-refractivity contribution is -0.153. The van der Waals surface area contributed by atoms with E-state index in [9.17, 15) is 22.4 Å². The van der Waals surface area contributed by atoms with Crippen LogP contribution in [0.3, 0.4) is 0 Å². The number of aromatic nitrogens is 2. The Bertz CT molecular complexity index is 1050. The minimum atomic E-state index is -4.49. The van der Waals surface area contributed by atoms with Gasteiger partial charge in [-0.05, 0) is 46.3 Å². The molecule has 0 atom stereocenters. The van der Waals surface area contributed by atoms with Crippen molar-refractivity contribution in [3.05, 3.63) is 75.1 Å². The number of ether oxygens (including phenoxy) is 1. The van der Waals surface area contributed by atoms with Crippen molar-refractivity contribution in [2.75, 3.05) is 11.9 Å². The van der Waals surface area contributed by atoms with Gasteiger partial charge in [0.1, 0.15) is 11.6 Å². The van der Waals surface area contributed by atoms with Crippen LogP contribution in [0.25, 0.3) is 0 Å². The minimum absolute atomic E-state index is 0.0285. The Morgan fingerprint density at radius 2 is 1.97 bits per heavy atom. The third kappa shape index (κ3) is 5.73. The maximum atomic E-state index is 14.0. The lowest BCUT2D eigenvalue weighted by Gasteiger charge is -2.10. The van der Waals surface area contributed by atoms with Crippen LogP contribution in [0.15, 0.2) is 53.1 Å². The van der Waals surface area contributed by atoms with Gasteiger partial charge >= 0.3 is 6.18 Å². The smallest absolute Gasteiger partial charge is 0.422 e. The highest BCUT2D eigenvalue weighted by Crippen LogP contribution is 2.25. The molecule has 0 bridgehead atoms. The molecular formula is C19H13BrClF4N3O2. The fourth-order valence-electron chi connectivity index (χ4n) is 2.48. The van der Waals surface area contributed by atoms with Crippen molar-refractivity contribution in [2.24, 2.45) is 0 Å². The van der Waals surface area contributed by atoms with Crippen LogP contribution in [-0.2, 0) is 6.54 Å². The van der Waals surface area contributed by atoms with Crippen LogP contribution in [0.5, 0.6) is 5.75 Å². The van der Waals surface area contributed by atoms with E-state index in [1.54, 1.807) is 6.07 Å². The Kier molecular flexibility index (Phi) is 6.67. The van der Waals surface area contributed by atoms with E-state index >= 15 is 0 Å². The molecule has 30 heavy (non-hydrogen) atoms. The van der Waals surface area contributed by atoms with Crippen LogP contribution in [-0.4, -0.2) is 28.5 Å². The number of hydrogen-bond donors (Lipinski definition) is 1. The summed E-state index contributed by atoms with van der Waals surface area (Å²) in [6.45, 7) is -1.44. The SMILES string of the molecule is O=C(Nc1nn(Cc2c(F)cccc2Cl)cc1Br)c1cccc(OCC(F)(F)F)c1. The summed E-state index contributed by atoms with van der Waals surface area (Å²) in [5.41, 5.74) is 0.315. The summed E-state index contributed by atoms with van der Waals surface area (Å²) in [4.78, 5) is 12.5. The highest BCUT2D eigenvalue weighted by Gasteiger charge is 2.28. The van der Waals surface area contributed by atoms with Crippen molar-refractivity contribution >= 4 is 39.3 Å². The molecule has 0 spiro atoms. The molecular weight excluding hydrogens is 494 g/mol. The number of rotatable bonds is 6. The quantitative estimate of drug-likeness (QED) is 0.438. The van der Waals surface area contributed by atoms with E-state index in [0.717, 1.165) is 0 Å². The fourth-order valence-corrected chi connectivity index (χ4v) is 3.12. The van der Waals surface area contributed by atoms with Gasteiger partial charge in [0, 0.05) is 22.3 Å². The summed E-state index contributed by atoms with van der Waals surface area (Å²) in [5, 5.41) is 6.95. The average Bonchev–Trinajstić information content (AvgIpc) is 3.02. The van der Waals surface area contributed by atoms with Crippen LogP contribution >= 0.6 is 27.5 Å². The normalized spacial score (nSPS) is 11.4. The lowest BCUT2D eigenvalue weighted by Crippen LogP contribution is -2.19. The summed E-state index contributed by atoms with van der Waals surface area (Å²) in [6.07, 6.45) is -2.96. The number of halogens is 6. The van der Waals surface area contributed by atoms with Gasteiger partial charge in [0.15, 0.2) is 12.4 Å². The van der Waals surface area contributed by atoms with Gasteiger partial charge in [-0.2, -0.15) is 18.3 Å². The fraction of sp³-hybridized carbons (Fsp3) is 0.158. The van der Waals surface area contributed by atoms with Crippen molar-refractivity contribution in [2.45, 2.75) is 12.7 Å². The molecule has 3 rings (SSSR count). The molecule has 0 fully saturated rings. The standard InChI is InChI=1S/C19H13BrClF4N3O2/c20-14-9-28(8-13-15(21)5-2-6-16(13)22)27-17(14)26-18(29)11-3-1-4-12(7-11)30-10-19(23,24)25/h1-7,9H,8,10H2,(H,26,27,29). The van der Waals surface area contributed by atoms with Gasteiger partial charge in [-0.3, -0.25) is 9.48 Å². The molecule has 2 aromatic carbocycles. The molecule has 0 saturated heterocycles. The molecule has 3 aromatic rings. The van der Waals surface area contributed by atoms with Gasteiger partial charge in [-0.15, -0.1) is 0 Å². The lowest BCUT2D eigenvalue weighted by atomic mass is 10.2. The molecule has 1 amide bonds. The first-order chi connectivity index (χ1) is 14.1. The number of benzene rings is 2. The second-order valence-corrected chi connectivity index (χ2v) is 7.37. The third-order valence-corrected chi connectivity index (χ3v) is 4.76. The van der Waals surface area contributed by atoms with Crippen LogP contribution in [0.1, 0.15) is 15.9 Å². The predicted octanol–water partition coefficient (Wildman–Crippen LogP) is 5.68. The van der Waals surface area contributed by atoms with E-state index in [0.29, 0.717) is 4.47 Å². The highest BCUT2D eigenvalue weighted by atomic mass is 79.9. The summed E-state index contributed by atoms with van der Waals surface area (Å²) in [7, 11) is 0. The number of alkyl halides is 3. The third-order valence-electron chi connectivity index (χ3n) is 3.83. The highest BCUT2D eigenvalue weighted by molar-refractivity contribution is 9.10. The molecule has 1 aromatic heterocycles. The summed E-state index contributed by atoms with van der Waals surface area (Å²) in [6, 6.07) is 9.62. The minimum Gasteiger partial charge on any atom is -0.484 e. The Balaban J connectivity index is 1.72. The van der Waals surface area contributed by atoms with Gasteiger partial charge in [0.2, 0.25) is 0 Å². The van der Waals surface area contributed by atoms with E-state index in [2.05, 4.69) is 31.1 Å². The number of carbonyl (C=O) groups excluding carboxylic acids is 1. The van der Waals surface area contributed by atoms with Crippen molar-refractivity contribution in [1.82, 2.24) is 9.78 Å². The molecule has 5 nitrogen and oxygen atoms in total. The first-order valence-electron chi connectivity index (χ1n) is 8.39. The molecule has 158 valence electrons. The summed E-state index contributed by atoms with van der Waals surface area (Å²) >= 11 is 9.27. The number of carbonyl (C=O) groups is 1. The Morgan fingerprint density at radius 3 is 2.67 bits per heavy atom. The Labute approximate surface area is 181 Å². The molecule has 0 aliphatic heterocycles. The topological polar surface area (TPSA) is 56.2 Å². The maximum Gasteiger partial charge on any atom is 0.422 e. The van der Waals surface area contributed by atoms with E-state index in [1.165, 1.54) is 47.3 Å². The molecule has 0 aliphatic rings. The van der Waals surface area contributed by atoms with Gasteiger partial charge in [-0.25, -0.2) is 4.39 Å². The number of nitrogens with one attached hydrogen (secondary N) is 1. The molecule has 0 unspecified atom stereocenters. The van der Waals surface area contributed by atoms with Crippen LogP contribution in [0.2, 0.25) is 5.02 Å². The number of hydrogen-bond acceptors (Lipinski definition) is 3. The predicted molar refractivity (Wildman–Crippen MR) is 106 cm³/mol. The van der Waals surface area contributed by atoms with Crippen molar-refractivity contribution in [3.63, 3.8) is 0 Å². The van der Waals surface area contributed by atoms with E-state index in [4.69, 9.17) is 11.6 Å². The van der Waals surface area contributed by atoms with Crippen LogP contribution in [0, 0.1) is 5.82 Å². The van der Waals surface area contributed by atoms with E-state index in [-0.39, 0.29) is 34.3 Å². The summed E-state index contributed by atoms with van der Waals surface area (Å²) < 4.78 is 57.3. The Morgan fingerprint density at radius 1 is 1.23 bits per heavy atom. The number of nitrogens with zero attached hydrogens (tertiary/aromatic N) is 2. The second-order valence-electron chi connectivity index (χ2n) is 6.11.